The number of fused-ring (bicyclic) bond motifs is 3. The van der Waals surface area contributed by atoms with Gasteiger partial charge in [0.25, 0.3) is 5.56 Å². The van der Waals surface area contributed by atoms with Gasteiger partial charge >= 0.3 is 6.18 Å². The number of likely N-dealkylation sites (tertiary alicyclic amines) is 1. The van der Waals surface area contributed by atoms with E-state index >= 15 is 0 Å². The maximum Gasteiger partial charge on any atom is 0.422 e. The van der Waals surface area contributed by atoms with Crippen molar-refractivity contribution in [2.24, 2.45) is 11.8 Å². The van der Waals surface area contributed by atoms with E-state index in [9.17, 15) is 23.1 Å². The first kappa shape index (κ1) is 28.5. The van der Waals surface area contributed by atoms with E-state index in [1.807, 2.05) is 12.1 Å². The molecule has 1 aliphatic carbocycles. The van der Waals surface area contributed by atoms with Gasteiger partial charge in [-0.25, -0.2) is 19.3 Å². The van der Waals surface area contributed by atoms with Gasteiger partial charge in [-0.3, -0.25) is 4.79 Å². The SMILES string of the molecule is C=CCn1c(=O)c2cnc(Nc3ccc(N4C[C@H]5CN(C)C[C@H]5C4)cc3)nc2n1-c1ccc2c(n1)[C@](O)(C(F)(F)F)CCC2. The Bertz CT molecular complexity index is 1790. The fourth-order valence-electron chi connectivity index (χ4n) is 7.02. The third kappa shape index (κ3) is 4.65. The molecule has 5 heterocycles. The van der Waals surface area contributed by atoms with Crippen molar-refractivity contribution in [1.29, 1.82) is 0 Å². The third-order valence-corrected chi connectivity index (χ3v) is 9.16. The second-order valence-electron chi connectivity index (χ2n) is 12.1. The second-order valence-corrected chi connectivity index (χ2v) is 12.1. The summed E-state index contributed by atoms with van der Waals surface area (Å²) in [5.74, 6) is 1.61. The number of anilines is 3. The number of halogens is 3. The van der Waals surface area contributed by atoms with E-state index in [-0.39, 0.29) is 35.8 Å². The van der Waals surface area contributed by atoms with Crippen LogP contribution in [0.1, 0.15) is 24.1 Å². The highest BCUT2D eigenvalue weighted by atomic mass is 19.4. The molecule has 0 unspecified atom stereocenters. The van der Waals surface area contributed by atoms with Crippen molar-refractivity contribution in [3.8, 4) is 5.82 Å². The van der Waals surface area contributed by atoms with Crippen LogP contribution in [-0.2, 0) is 18.6 Å². The summed E-state index contributed by atoms with van der Waals surface area (Å²) in [6, 6.07) is 11.1. The van der Waals surface area contributed by atoms with Crippen LogP contribution in [0, 0.1) is 11.8 Å². The number of aryl methyl sites for hydroxylation is 1. The molecule has 10 nitrogen and oxygen atoms in total. The highest BCUT2D eigenvalue weighted by Crippen LogP contribution is 2.46. The fourth-order valence-corrected chi connectivity index (χ4v) is 7.02. The molecule has 2 fully saturated rings. The summed E-state index contributed by atoms with van der Waals surface area (Å²) in [6.45, 7) is 8.11. The summed E-state index contributed by atoms with van der Waals surface area (Å²) in [4.78, 5) is 31.4. The van der Waals surface area contributed by atoms with Gasteiger partial charge < -0.3 is 20.2 Å². The fraction of sp³-hybridized carbons (Fsp3) is 0.419. The van der Waals surface area contributed by atoms with E-state index in [1.165, 1.54) is 33.8 Å². The molecule has 0 amide bonds. The second kappa shape index (κ2) is 10.4. The number of hydrogen-bond acceptors (Lipinski definition) is 8. The maximum absolute atomic E-state index is 14.0. The van der Waals surface area contributed by atoms with E-state index < -0.39 is 29.5 Å². The van der Waals surface area contributed by atoms with Gasteiger partial charge in [0.2, 0.25) is 11.5 Å². The minimum Gasteiger partial charge on any atom is -0.375 e. The predicted octanol–water partition coefficient (Wildman–Crippen LogP) is 3.99. The van der Waals surface area contributed by atoms with Crippen molar-refractivity contribution in [2.75, 3.05) is 43.4 Å². The van der Waals surface area contributed by atoms with E-state index in [0.717, 1.165) is 37.6 Å². The van der Waals surface area contributed by atoms with Gasteiger partial charge in [-0.05, 0) is 74.0 Å². The predicted molar refractivity (Wildman–Crippen MR) is 160 cm³/mol. The summed E-state index contributed by atoms with van der Waals surface area (Å²) >= 11 is 0. The molecule has 3 aliphatic rings. The number of nitrogens with zero attached hydrogens (tertiary/aromatic N) is 7. The Kier molecular flexibility index (Phi) is 6.77. The Morgan fingerprint density at radius 2 is 1.82 bits per heavy atom. The number of allylic oxidation sites excluding steroid dienone is 1. The lowest BCUT2D eigenvalue weighted by atomic mass is 9.82. The number of rotatable bonds is 6. The largest absolute Gasteiger partial charge is 0.422 e. The third-order valence-electron chi connectivity index (χ3n) is 9.16. The summed E-state index contributed by atoms with van der Waals surface area (Å²) < 4.78 is 44.8. The number of alkyl halides is 3. The van der Waals surface area contributed by atoms with Crippen molar-refractivity contribution in [3.63, 3.8) is 0 Å². The van der Waals surface area contributed by atoms with Gasteiger partial charge in [0, 0.05) is 43.8 Å². The quantitative estimate of drug-likeness (QED) is 0.318. The molecule has 0 spiro atoms. The van der Waals surface area contributed by atoms with E-state index in [2.05, 4.69) is 55.8 Å². The van der Waals surface area contributed by atoms with Crippen LogP contribution in [0.3, 0.4) is 0 Å². The Morgan fingerprint density at radius 1 is 1.09 bits per heavy atom. The lowest BCUT2D eigenvalue weighted by Gasteiger charge is -2.35. The van der Waals surface area contributed by atoms with Crippen LogP contribution in [0.2, 0.25) is 0 Å². The number of pyridine rings is 1. The van der Waals surface area contributed by atoms with Crippen molar-refractivity contribution in [3.05, 3.63) is 76.9 Å². The molecule has 2 aliphatic heterocycles. The number of hydrogen-bond donors (Lipinski definition) is 2. The molecule has 13 heteroatoms. The molecular weight excluding hydrogens is 573 g/mol. The standard InChI is InChI=1S/C31H33F3N8O2/c1-3-13-41-28(43)24-14-35-29(36-22-7-9-23(10-8-22)40-17-20-15-39(2)16-21(20)18-40)38-27(24)42(41)25-11-6-19-5-4-12-30(44,26(19)37-25)31(32,33)34/h3,6-11,14,20-21,44H,1,4-5,12-13,15-18H2,2H3,(H,35,36,38)/t20-,21+,30-/m0/s1. The highest BCUT2D eigenvalue weighted by molar-refractivity contribution is 5.77. The molecular formula is C31H33F3N8O2. The van der Waals surface area contributed by atoms with E-state index in [0.29, 0.717) is 23.8 Å². The van der Waals surface area contributed by atoms with Crippen molar-refractivity contribution in [2.45, 2.75) is 37.6 Å². The number of aliphatic hydroxyl groups is 1. The Balaban J connectivity index is 1.22. The number of benzene rings is 1. The molecule has 2 N–H and O–H groups in total. The topological polar surface area (TPSA) is 104 Å². The molecule has 230 valence electrons. The normalized spacial score (nSPS) is 23.6. The Morgan fingerprint density at radius 3 is 2.50 bits per heavy atom. The first-order chi connectivity index (χ1) is 21.1. The average molecular weight is 607 g/mol. The summed E-state index contributed by atoms with van der Waals surface area (Å²) in [5, 5.41) is 14.1. The monoisotopic (exact) mass is 606 g/mol. The van der Waals surface area contributed by atoms with Crippen LogP contribution in [0.15, 0.2) is 60.0 Å². The zero-order chi connectivity index (χ0) is 30.8. The van der Waals surface area contributed by atoms with Crippen LogP contribution in [0.25, 0.3) is 16.9 Å². The molecule has 44 heavy (non-hydrogen) atoms. The van der Waals surface area contributed by atoms with Crippen LogP contribution in [0.4, 0.5) is 30.5 Å². The van der Waals surface area contributed by atoms with Gasteiger partial charge in [0.05, 0.1) is 12.2 Å². The molecule has 1 aromatic carbocycles. The van der Waals surface area contributed by atoms with Gasteiger partial charge in [-0.15, -0.1) is 6.58 Å². The Hall–Kier alpha value is -4.23. The van der Waals surface area contributed by atoms with Crippen LogP contribution >= 0.6 is 0 Å². The van der Waals surface area contributed by atoms with Gasteiger partial charge in [0.15, 0.2) is 11.5 Å². The molecule has 3 aromatic heterocycles. The van der Waals surface area contributed by atoms with Crippen LogP contribution < -0.4 is 15.8 Å². The Labute approximate surface area is 251 Å². The summed E-state index contributed by atoms with van der Waals surface area (Å²) in [7, 11) is 2.17. The molecule has 3 atom stereocenters. The summed E-state index contributed by atoms with van der Waals surface area (Å²) in [5.41, 5.74) is -1.60. The molecule has 2 saturated heterocycles. The molecule has 0 saturated carbocycles. The van der Waals surface area contributed by atoms with E-state index in [1.54, 1.807) is 0 Å². The van der Waals surface area contributed by atoms with Crippen LogP contribution in [-0.4, -0.2) is 73.7 Å². The molecule has 0 bridgehead atoms. The first-order valence-corrected chi connectivity index (χ1v) is 14.8. The van der Waals surface area contributed by atoms with Crippen molar-refractivity contribution >= 4 is 28.4 Å². The van der Waals surface area contributed by atoms with Gasteiger partial charge in [-0.2, -0.15) is 18.2 Å². The average Bonchev–Trinajstić information content (AvgIpc) is 3.62. The lowest BCUT2D eigenvalue weighted by molar-refractivity contribution is -0.273. The zero-order valence-electron chi connectivity index (χ0n) is 24.3. The van der Waals surface area contributed by atoms with Gasteiger partial charge in [-0.1, -0.05) is 12.1 Å². The molecule has 0 radical (unpaired) electrons. The summed E-state index contributed by atoms with van der Waals surface area (Å²) in [6.07, 6.45) is -1.97. The smallest absolute Gasteiger partial charge is 0.375 e. The first-order valence-electron chi connectivity index (χ1n) is 14.8. The maximum atomic E-state index is 14.0. The van der Waals surface area contributed by atoms with E-state index in [4.69, 9.17) is 0 Å². The zero-order valence-corrected chi connectivity index (χ0v) is 24.3. The number of nitrogens with one attached hydrogen (secondary N) is 1. The molecule has 4 aromatic rings. The minimum atomic E-state index is -4.91. The lowest BCUT2D eigenvalue weighted by Crippen LogP contribution is -2.45. The van der Waals surface area contributed by atoms with Crippen molar-refractivity contribution in [1.82, 2.24) is 29.2 Å². The van der Waals surface area contributed by atoms with Crippen LogP contribution in [0.5, 0.6) is 0 Å². The van der Waals surface area contributed by atoms with Gasteiger partial charge in [0.1, 0.15) is 5.39 Å². The highest BCUT2D eigenvalue weighted by Gasteiger charge is 2.57. The van der Waals surface area contributed by atoms with Crippen molar-refractivity contribution < 1.29 is 18.3 Å². The minimum absolute atomic E-state index is 0.0258. The number of aromatic nitrogens is 5. The molecule has 7 rings (SSSR count).